The maximum atomic E-state index is 12.3. The van der Waals surface area contributed by atoms with Gasteiger partial charge in [-0.1, -0.05) is 24.3 Å². The molecule has 0 aliphatic heterocycles. The monoisotopic (exact) mass is 267 g/mol. The molecule has 3 rings (SSSR count). The van der Waals surface area contributed by atoms with Crippen molar-refractivity contribution in [3.05, 3.63) is 65.2 Å². The maximum absolute atomic E-state index is 12.3. The number of amides is 1. The van der Waals surface area contributed by atoms with E-state index in [1.807, 2.05) is 12.1 Å². The van der Waals surface area contributed by atoms with Crippen LogP contribution in [0.5, 0.6) is 5.75 Å². The van der Waals surface area contributed by atoms with Crippen molar-refractivity contribution in [1.29, 1.82) is 0 Å². The second-order valence-electron chi connectivity index (χ2n) is 4.99. The Labute approximate surface area is 118 Å². The Morgan fingerprint density at radius 1 is 1.15 bits per heavy atom. The number of hydrogen-bond acceptors (Lipinski definition) is 2. The lowest BCUT2D eigenvalue weighted by molar-refractivity contribution is 0.0936. The zero-order chi connectivity index (χ0) is 13.9. The van der Waals surface area contributed by atoms with Crippen molar-refractivity contribution < 1.29 is 9.53 Å². The lowest BCUT2D eigenvalue weighted by atomic mass is 10.1. The molecule has 1 aliphatic rings. The molecule has 0 radical (unpaired) electrons. The van der Waals surface area contributed by atoms with Gasteiger partial charge in [0.25, 0.3) is 5.91 Å². The Morgan fingerprint density at radius 3 is 2.65 bits per heavy atom. The van der Waals surface area contributed by atoms with E-state index in [-0.39, 0.29) is 11.9 Å². The van der Waals surface area contributed by atoms with Crippen LogP contribution in [-0.4, -0.2) is 13.0 Å². The van der Waals surface area contributed by atoms with E-state index in [1.54, 1.807) is 31.4 Å². The number of methoxy groups -OCH3 is 1. The summed E-state index contributed by atoms with van der Waals surface area (Å²) in [6.45, 7) is 0. The standard InChI is InChI=1S/C17H17NO2/c1-20-14-9-6-13(7-10-14)17(19)18-16-11-8-12-4-2-3-5-15(12)16/h2-7,9-10,16H,8,11H2,1H3,(H,18,19)/t16-/m1/s1. The molecule has 1 atom stereocenters. The van der Waals surface area contributed by atoms with Crippen molar-refractivity contribution in [3.63, 3.8) is 0 Å². The van der Waals surface area contributed by atoms with Crippen molar-refractivity contribution in [2.75, 3.05) is 7.11 Å². The predicted molar refractivity (Wildman–Crippen MR) is 78.0 cm³/mol. The zero-order valence-corrected chi connectivity index (χ0v) is 11.4. The highest BCUT2D eigenvalue weighted by atomic mass is 16.5. The minimum atomic E-state index is -0.0330. The first-order valence-corrected chi connectivity index (χ1v) is 6.80. The summed E-state index contributed by atoms with van der Waals surface area (Å²) < 4.78 is 5.10. The van der Waals surface area contributed by atoms with E-state index in [4.69, 9.17) is 4.74 Å². The fourth-order valence-corrected chi connectivity index (χ4v) is 2.69. The third-order valence-corrected chi connectivity index (χ3v) is 3.79. The molecule has 0 aromatic heterocycles. The predicted octanol–water partition coefficient (Wildman–Crippen LogP) is 3.11. The summed E-state index contributed by atoms with van der Waals surface area (Å²) in [4.78, 5) is 12.3. The van der Waals surface area contributed by atoms with Gasteiger partial charge in [-0.2, -0.15) is 0 Å². The van der Waals surface area contributed by atoms with Gasteiger partial charge in [0.2, 0.25) is 0 Å². The molecule has 2 aromatic rings. The van der Waals surface area contributed by atoms with Gasteiger partial charge in [-0.15, -0.1) is 0 Å². The lowest BCUT2D eigenvalue weighted by Gasteiger charge is -2.14. The molecular weight excluding hydrogens is 250 g/mol. The number of nitrogens with one attached hydrogen (secondary N) is 1. The van der Waals surface area contributed by atoms with Crippen molar-refractivity contribution in [1.82, 2.24) is 5.32 Å². The van der Waals surface area contributed by atoms with Crippen LogP contribution in [0.2, 0.25) is 0 Å². The van der Waals surface area contributed by atoms with Crippen LogP contribution >= 0.6 is 0 Å². The van der Waals surface area contributed by atoms with Crippen LogP contribution in [-0.2, 0) is 6.42 Å². The van der Waals surface area contributed by atoms with Gasteiger partial charge in [0.05, 0.1) is 13.2 Å². The third-order valence-electron chi connectivity index (χ3n) is 3.79. The van der Waals surface area contributed by atoms with Crippen LogP contribution in [0.3, 0.4) is 0 Å². The fourth-order valence-electron chi connectivity index (χ4n) is 2.69. The lowest BCUT2D eigenvalue weighted by Crippen LogP contribution is -2.27. The molecule has 102 valence electrons. The highest BCUT2D eigenvalue weighted by Gasteiger charge is 2.23. The summed E-state index contributed by atoms with van der Waals surface area (Å²) in [5, 5.41) is 3.11. The first kappa shape index (κ1) is 12.7. The minimum absolute atomic E-state index is 0.0330. The second-order valence-corrected chi connectivity index (χ2v) is 4.99. The van der Waals surface area contributed by atoms with Gasteiger partial charge in [0.1, 0.15) is 5.75 Å². The third kappa shape index (κ3) is 2.39. The van der Waals surface area contributed by atoms with Gasteiger partial charge in [-0.25, -0.2) is 0 Å². The van der Waals surface area contributed by atoms with Gasteiger partial charge in [-0.3, -0.25) is 4.79 Å². The molecule has 1 aliphatic carbocycles. The first-order chi connectivity index (χ1) is 9.78. The summed E-state index contributed by atoms with van der Waals surface area (Å²) in [6.07, 6.45) is 2.00. The van der Waals surface area contributed by atoms with Gasteiger partial charge >= 0.3 is 0 Å². The Hall–Kier alpha value is -2.29. The number of carbonyl (C=O) groups excluding carboxylic acids is 1. The Balaban J connectivity index is 1.73. The molecular formula is C17H17NO2. The SMILES string of the molecule is COc1ccc(C(=O)N[C@@H]2CCc3ccccc32)cc1. The van der Waals surface area contributed by atoms with Gasteiger partial charge in [0, 0.05) is 5.56 Å². The van der Waals surface area contributed by atoms with E-state index in [2.05, 4.69) is 17.4 Å². The van der Waals surface area contributed by atoms with Crippen LogP contribution in [0.15, 0.2) is 48.5 Å². The molecule has 0 fully saturated rings. The van der Waals surface area contributed by atoms with Crippen LogP contribution in [0.1, 0.15) is 33.9 Å². The summed E-state index contributed by atoms with van der Waals surface area (Å²) in [6, 6.07) is 15.6. The van der Waals surface area contributed by atoms with Crippen LogP contribution in [0.4, 0.5) is 0 Å². The van der Waals surface area contributed by atoms with Gasteiger partial charge in [0.15, 0.2) is 0 Å². The van der Waals surface area contributed by atoms with E-state index in [0.29, 0.717) is 5.56 Å². The van der Waals surface area contributed by atoms with Crippen molar-refractivity contribution in [2.45, 2.75) is 18.9 Å². The molecule has 1 N–H and O–H groups in total. The number of fused-ring (bicyclic) bond motifs is 1. The molecule has 0 spiro atoms. The van der Waals surface area contributed by atoms with Crippen LogP contribution in [0.25, 0.3) is 0 Å². The van der Waals surface area contributed by atoms with Crippen molar-refractivity contribution >= 4 is 5.91 Å². The molecule has 0 heterocycles. The zero-order valence-electron chi connectivity index (χ0n) is 11.4. The highest BCUT2D eigenvalue weighted by Crippen LogP contribution is 2.30. The summed E-state index contributed by atoms with van der Waals surface area (Å²) in [5.74, 6) is 0.724. The topological polar surface area (TPSA) is 38.3 Å². The molecule has 0 saturated heterocycles. The Bertz CT molecular complexity index is 619. The molecule has 3 nitrogen and oxygen atoms in total. The molecule has 0 unspecified atom stereocenters. The average Bonchev–Trinajstić information content (AvgIpc) is 2.91. The summed E-state index contributed by atoms with van der Waals surface area (Å²) in [7, 11) is 1.62. The van der Waals surface area contributed by atoms with E-state index < -0.39 is 0 Å². The molecule has 3 heteroatoms. The minimum Gasteiger partial charge on any atom is -0.497 e. The Morgan fingerprint density at radius 2 is 1.90 bits per heavy atom. The smallest absolute Gasteiger partial charge is 0.251 e. The molecule has 20 heavy (non-hydrogen) atoms. The number of carbonyl (C=O) groups is 1. The number of hydrogen-bond donors (Lipinski definition) is 1. The number of aryl methyl sites for hydroxylation is 1. The number of benzene rings is 2. The highest BCUT2D eigenvalue weighted by molar-refractivity contribution is 5.94. The van der Waals surface area contributed by atoms with Gasteiger partial charge < -0.3 is 10.1 Å². The van der Waals surface area contributed by atoms with Crippen molar-refractivity contribution in [3.8, 4) is 5.75 Å². The van der Waals surface area contributed by atoms with Crippen LogP contribution < -0.4 is 10.1 Å². The molecule has 2 aromatic carbocycles. The van der Waals surface area contributed by atoms with Gasteiger partial charge in [-0.05, 0) is 48.2 Å². The van der Waals surface area contributed by atoms with E-state index in [1.165, 1.54) is 11.1 Å². The van der Waals surface area contributed by atoms with E-state index in [0.717, 1.165) is 18.6 Å². The van der Waals surface area contributed by atoms with Crippen LogP contribution in [0, 0.1) is 0 Å². The number of ether oxygens (including phenoxy) is 1. The largest absolute Gasteiger partial charge is 0.497 e. The normalized spacial score (nSPS) is 16.6. The summed E-state index contributed by atoms with van der Waals surface area (Å²) >= 11 is 0. The summed E-state index contributed by atoms with van der Waals surface area (Å²) in [5.41, 5.74) is 3.25. The Kier molecular flexibility index (Phi) is 3.42. The fraction of sp³-hybridized carbons (Fsp3) is 0.235. The van der Waals surface area contributed by atoms with E-state index >= 15 is 0 Å². The maximum Gasteiger partial charge on any atom is 0.251 e. The quantitative estimate of drug-likeness (QED) is 0.928. The van der Waals surface area contributed by atoms with Crippen molar-refractivity contribution in [2.24, 2.45) is 0 Å². The molecule has 0 bridgehead atoms. The average molecular weight is 267 g/mol. The van der Waals surface area contributed by atoms with E-state index in [9.17, 15) is 4.79 Å². The molecule has 0 saturated carbocycles. The first-order valence-electron chi connectivity index (χ1n) is 6.80. The number of rotatable bonds is 3. The molecule has 1 amide bonds. The second kappa shape index (κ2) is 5.37.